The smallest absolute Gasteiger partial charge is 0.240 e. The van der Waals surface area contributed by atoms with Gasteiger partial charge in [0.15, 0.2) is 5.82 Å². The summed E-state index contributed by atoms with van der Waals surface area (Å²) in [6.07, 6.45) is 5.65. The lowest BCUT2D eigenvalue weighted by Crippen LogP contribution is -2.13. The van der Waals surface area contributed by atoms with Crippen LogP contribution in [0.5, 0.6) is 0 Å². The first-order valence-electron chi connectivity index (χ1n) is 6.24. The van der Waals surface area contributed by atoms with E-state index in [4.69, 9.17) is 10.9 Å². The van der Waals surface area contributed by atoms with Crippen molar-refractivity contribution in [1.82, 2.24) is 25.4 Å². The number of aromatic nitrogens is 4. The van der Waals surface area contributed by atoms with Crippen LogP contribution in [0.15, 0.2) is 28.8 Å². The molecule has 20 heavy (non-hydrogen) atoms. The molecule has 6 nitrogen and oxygen atoms in total. The lowest BCUT2D eigenvalue weighted by molar-refractivity contribution is 0.366. The third-order valence-corrected chi connectivity index (χ3v) is 2.78. The number of H-pyrrole nitrogens is 1. The highest BCUT2D eigenvalue weighted by atomic mass is 16.5. The Kier molecular flexibility index (Phi) is 3.44. The third kappa shape index (κ3) is 2.68. The summed E-state index contributed by atoms with van der Waals surface area (Å²) in [7, 11) is 0. The molecule has 0 amide bonds. The average molecular weight is 267 g/mol. The predicted molar refractivity (Wildman–Crippen MR) is 73.7 cm³/mol. The van der Waals surface area contributed by atoms with E-state index in [-0.39, 0.29) is 0 Å². The number of imidazole rings is 1. The average Bonchev–Trinajstić information content (AvgIpc) is 3.05. The number of hydrogen-bond acceptors (Lipinski definition) is 5. The molecule has 3 aromatic rings. The minimum atomic E-state index is 0.470. The lowest BCUT2D eigenvalue weighted by Gasteiger charge is -1.92. The summed E-state index contributed by atoms with van der Waals surface area (Å²) in [5.74, 6) is 4.42. The van der Waals surface area contributed by atoms with E-state index in [2.05, 4.69) is 31.3 Å². The molecule has 0 spiro atoms. The second kappa shape index (κ2) is 5.55. The molecule has 0 unspecified atom stereocenters. The van der Waals surface area contributed by atoms with Gasteiger partial charge in [-0.2, -0.15) is 4.98 Å². The molecule has 100 valence electrons. The van der Waals surface area contributed by atoms with Gasteiger partial charge in [-0.05, 0) is 12.1 Å². The zero-order chi connectivity index (χ0) is 13.8. The SMILES string of the molecule is C#CCNCc1nc(Cc2nc3ccccc3[nH]2)no1. The Morgan fingerprint density at radius 1 is 1.30 bits per heavy atom. The molecule has 3 rings (SSSR count). The highest BCUT2D eigenvalue weighted by molar-refractivity contribution is 5.74. The fourth-order valence-corrected chi connectivity index (χ4v) is 1.91. The molecule has 0 saturated heterocycles. The summed E-state index contributed by atoms with van der Waals surface area (Å²) < 4.78 is 5.12. The number of terminal acetylenes is 1. The first-order valence-corrected chi connectivity index (χ1v) is 6.24. The van der Waals surface area contributed by atoms with E-state index in [1.54, 1.807) is 0 Å². The summed E-state index contributed by atoms with van der Waals surface area (Å²) in [4.78, 5) is 12.0. The van der Waals surface area contributed by atoms with Gasteiger partial charge < -0.3 is 9.51 Å². The maximum absolute atomic E-state index is 5.15. The minimum absolute atomic E-state index is 0.470. The molecule has 0 aliphatic carbocycles. The Morgan fingerprint density at radius 2 is 2.20 bits per heavy atom. The highest BCUT2D eigenvalue weighted by Gasteiger charge is 2.09. The van der Waals surface area contributed by atoms with Crippen LogP contribution in [0.1, 0.15) is 17.5 Å². The second-order valence-corrected chi connectivity index (χ2v) is 4.29. The Balaban J connectivity index is 1.69. The van der Waals surface area contributed by atoms with E-state index in [9.17, 15) is 0 Å². The quantitative estimate of drug-likeness (QED) is 0.537. The maximum Gasteiger partial charge on any atom is 0.240 e. The van der Waals surface area contributed by atoms with Crippen LogP contribution in [0, 0.1) is 12.3 Å². The molecule has 1 aromatic carbocycles. The van der Waals surface area contributed by atoms with E-state index in [0.29, 0.717) is 31.2 Å². The van der Waals surface area contributed by atoms with E-state index in [1.165, 1.54) is 0 Å². The number of aromatic amines is 1. The summed E-state index contributed by atoms with van der Waals surface area (Å²) in [5.41, 5.74) is 1.93. The Hall–Kier alpha value is -2.65. The van der Waals surface area contributed by atoms with Crippen molar-refractivity contribution in [2.24, 2.45) is 0 Å². The molecule has 2 N–H and O–H groups in total. The number of fused-ring (bicyclic) bond motifs is 1. The van der Waals surface area contributed by atoms with Crippen LogP contribution in [-0.4, -0.2) is 26.7 Å². The van der Waals surface area contributed by atoms with Gasteiger partial charge in [-0.3, -0.25) is 5.32 Å². The second-order valence-electron chi connectivity index (χ2n) is 4.29. The van der Waals surface area contributed by atoms with Crippen LogP contribution >= 0.6 is 0 Å². The molecule has 2 aromatic heterocycles. The van der Waals surface area contributed by atoms with Gasteiger partial charge >= 0.3 is 0 Å². The van der Waals surface area contributed by atoms with E-state index in [0.717, 1.165) is 16.9 Å². The molecule has 2 heterocycles. The fourth-order valence-electron chi connectivity index (χ4n) is 1.91. The molecule has 0 bridgehead atoms. The lowest BCUT2D eigenvalue weighted by atomic mass is 10.3. The first kappa shape index (κ1) is 12.4. The maximum atomic E-state index is 5.15. The number of para-hydroxylation sites is 2. The Labute approximate surface area is 115 Å². The first-order chi connectivity index (χ1) is 9.85. The number of hydrogen-bond donors (Lipinski definition) is 2. The molecule has 0 aliphatic heterocycles. The minimum Gasteiger partial charge on any atom is -0.342 e. The topological polar surface area (TPSA) is 79.6 Å². The van der Waals surface area contributed by atoms with Gasteiger partial charge in [0.05, 0.1) is 30.5 Å². The highest BCUT2D eigenvalue weighted by Crippen LogP contribution is 2.12. The number of nitrogens with one attached hydrogen (secondary N) is 2. The summed E-state index contributed by atoms with van der Waals surface area (Å²) >= 11 is 0. The molecule has 0 fully saturated rings. The van der Waals surface area contributed by atoms with Crippen LogP contribution in [0.25, 0.3) is 11.0 Å². The van der Waals surface area contributed by atoms with Crippen molar-refractivity contribution in [3.05, 3.63) is 41.8 Å². The van der Waals surface area contributed by atoms with Crippen LogP contribution in [-0.2, 0) is 13.0 Å². The zero-order valence-corrected chi connectivity index (χ0v) is 10.8. The third-order valence-electron chi connectivity index (χ3n) is 2.78. The summed E-state index contributed by atoms with van der Waals surface area (Å²) in [6, 6.07) is 7.86. The summed E-state index contributed by atoms with van der Waals surface area (Å²) in [6.45, 7) is 0.943. The van der Waals surface area contributed by atoms with Gasteiger partial charge in [0.1, 0.15) is 5.82 Å². The van der Waals surface area contributed by atoms with E-state index >= 15 is 0 Å². The molecule has 0 atom stereocenters. The normalized spacial score (nSPS) is 10.8. The van der Waals surface area contributed by atoms with Crippen molar-refractivity contribution in [2.45, 2.75) is 13.0 Å². The molecular weight excluding hydrogens is 254 g/mol. The molecule has 6 heteroatoms. The van der Waals surface area contributed by atoms with E-state index < -0.39 is 0 Å². The van der Waals surface area contributed by atoms with Crippen LogP contribution in [0.3, 0.4) is 0 Å². The zero-order valence-electron chi connectivity index (χ0n) is 10.8. The molecule has 0 saturated carbocycles. The van der Waals surface area contributed by atoms with Gasteiger partial charge in [0.25, 0.3) is 0 Å². The number of rotatable bonds is 5. The van der Waals surface area contributed by atoms with Gasteiger partial charge in [0.2, 0.25) is 5.89 Å². The number of nitrogens with zero attached hydrogens (tertiary/aromatic N) is 3. The van der Waals surface area contributed by atoms with Crippen molar-refractivity contribution in [3.8, 4) is 12.3 Å². The molecule has 0 aliphatic rings. The van der Waals surface area contributed by atoms with Crippen LogP contribution in [0.2, 0.25) is 0 Å². The van der Waals surface area contributed by atoms with Crippen molar-refractivity contribution in [2.75, 3.05) is 6.54 Å². The Bertz CT molecular complexity index is 719. The van der Waals surface area contributed by atoms with Gasteiger partial charge in [-0.25, -0.2) is 4.98 Å². The molecule has 0 radical (unpaired) electrons. The Morgan fingerprint density at radius 3 is 3.05 bits per heavy atom. The van der Waals surface area contributed by atoms with Crippen molar-refractivity contribution in [3.63, 3.8) is 0 Å². The van der Waals surface area contributed by atoms with Gasteiger partial charge in [-0.1, -0.05) is 23.2 Å². The monoisotopic (exact) mass is 267 g/mol. The van der Waals surface area contributed by atoms with Crippen LogP contribution < -0.4 is 5.32 Å². The standard InChI is InChI=1S/C14H13N5O/c1-2-7-15-9-14-18-13(19-20-14)8-12-16-10-5-3-4-6-11(10)17-12/h1,3-6,15H,7-9H2,(H,16,17). The fraction of sp³-hybridized carbons (Fsp3) is 0.214. The van der Waals surface area contributed by atoms with E-state index in [1.807, 2.05) is 24.3 Å². The number of benzene rings is 1. The largest absolute Gasteiger partial charge is 0.342 e. The van der Waals surface area contributed by atoms with Gasteiger partial charge in [0, 0.05) is 0 Å². The van der Waals surface area contributed by atoms with Crippen LogP contribution in [0.4, 0.5) is 0 Å². The van der Waals surface area contributed by atoms with Crippen molar-refractivity contribution in [1.29, 1.82) is 0 Å². The van der Waals surface area contributed by atoms with Crippen molar-refractivity contribution < 1.29 is 4.52 Å². The molecular formula is C14H13N5O. The predicted octanol–water partition coefficient (Wildman–Crippen LogP) is 1.26. The van der Waals surface area contributed by atoms with Crippen molar-refractivity contribution >= 4 is 11.0 Å². The summed E-state index contributed by atoms with van der Waals surface area (Å²) in [5, 5.41) is 6.92. The van der Waals surface area contributed by atoms with Gasteiger partial charge in [-0.15, -0.1) is 6.42 Å².